The van der Waals surface area contributed by atoms with Crippen molar-refractivity contribution in [2.75, 3.05) is 24.8 Å². The van der Waals surface area contributed by atoms with Gasteiger partial charge in [0, 0.05) is 24.4 Å². The van der Waals surface area contributed by atoms with Crippen LogP contribution < -0.4 is 0 Å². The lowest BCUT2D eigenvalue weighted by Gasteiger charge is -2.47. The Balaban J connectivity index is 2.04. The molecule has 0 spiro atoms. The number of hydrogen-bond acceptors (Lipinski definition) is 3. The highest BCUT2D eigenvalue weighted by Crippen LogP contribution is 2.40. The van der Waals surface area contributed by atoms with Gasteiger partial charge in [0.2, 0.25) is 5.91 Å². The Morgan fingerprint density at radius 2 is 2.57 bits per heavy atom. The predicted octanol–water partition coefficient (Wildman–Crippen LogP) is 1.44. The maximum absolute atomic E-state index is 11.6. The topological polar surface area (TPSA) is 29.5 Å². The van der Waals surface area contributed by atoms with E-state index in [1.165, 1.54) is 5.57 Å². The molecule has 0 aliphatic carbocycles. The Labute approximate surface area is 96.0 Å². The summed E-state index contributed by atoms with van der Waals surface area (Å²) >= 11 is 5.23. The molecule has 14 heavy (non-hydrogen) atoms. The van der Waals surface area contributed by atoms with E-state index in [1.54, 1.807) is 7.11 Å². The lowest BCUT2D eigenvalue weighted by atomic mass is 9.99. The van der Waals surface area contributed by atoms with Crippen LogP contribution in [-0.2, 0) is 9.53 Å². The van der Waals surface area contributed by atoms with Crippen LogP contribution in [-0.4, -0.2) is 41.0 Å². The average molecular weight is 278 g/mol. The standard InChI is InChI=1S/C9H12BrNO2S/c1-13-4-7-8(12)11-3-6(2-10)5-14-9(7)11/h3,7,9H,2,4-5H2,1H3/t7-,9-/m0/s1. The highest BCUT2D eigenvalue weighted by atomic mass is 79.9. The molecule has 0 bridgehead atoms. The molecular formula is C9H12BrNO2S. The number of nitrogens with zero attached hydrogens (tertiary/aromatic N) is 1. The smallest absolute Gasteiger partial charge is 0.235 e. The van der Waals surface area contributed by atoms with Crippen LogP contribution in [0.15, 0.2) is 11.8 Å². The molecule has 0 saturated carbocycles. The number of carbonyl (C=O) groups is 1. The molecule has 0 aromatic rings. The van der Waals surface area contributed by atoms with Crippen LogP contribution in [0, 0.1) is 5.92 Å². The first-order chi connectivity index (χ1) is 6.77. The zero-order chi connectivity index (χ0) is 10.1. The van der Waals surface area contributed by atoms with Crippen molar-refractivity contribution < 1.29 is 9.53 Å². The number of thioether (sulfide) groups is 1. The van der Waals surface area contributed by atoms with Gasteiger partial charge in [0.25, 0.3) is 0 Å². The van der Waals surface area contributed by atoms with Crippen LogP contribution in [0.1, 0.15) is 0 Å². The third-order valence-electron chi connectivity index (χ3n) is 2.47. The Morgan fingerprint density at radius 1 is 1.79 bits per heavy atom. The Kier molecular flexibility index (Phi) is 3.19. The van der Waals surface area contributed by atoms with Crippen molar-refractivity contribution in [1.29, 1.82) is 0 Å². The number of halogens is 1. The van der Waals surface area contributed by atoms with Crippen molar-refractivity contribution in [2.45, 2.75) is 5.37 Å². The summed E-state index contributed by atoms with van der Waals surface area (Å²) in [5.74, 6) is 1.28. The molecule has 2 atom stereocenters. The fraction of sp³-hybridized carbons (Fsp3) is 0.667. The number of rotatable bonds is 3. The lowest BCUT2D eigenvalue weighted by Crippen LogP contribution is -2.59. The molecule has 5 heteroatoms. The molecule has 1 fully saturated rings. The van der Waals surface area contributed by atoms with Crippen molar-refractivity contribution in [1.82, 2.24) is 4.90 Å². The number of β-lactam (4-membered cyclic amide) rings is 1. The van der Waals surface area contributed by atoms with Crippen LogP contribution in [0.3, 0.4) is 0 Å². The molecule has 0 unspecified atom stereocenters. The highest BCUT2D eigenvalue weighted by molar-refractivity contribution is 9.09. The molecule has 1 amide bonds. The predicted molar refractivity (Wildman–Crippen MR) is 60.3 cm³/mol. The first-order valence-corrected chi connectivity index (χ1v) is 6.63. The van der Waals surface area contributed by atoms with Gasteiger partial charge in [-0.1, -0.05) is 15.9 Å². The van der Waals surface area contributed by atoms with Crippen molar-refractivity contribution in [3.05, 3.63) is 11.8 Å². The summed E-state index contributed by atoms with van der Waals surface area (Å²) in [7, 11) is 1.64. The molecule has 0 aromatic carbocycles. The number of ether oxygens (including phenoxy) is 1. The monoisotopic (exact) mass is 277 g/mol. The van der Waals surface area contributed by atoms with Gasteiger partial charge in [0.15, 0.2) is 0 Å². The summed E-state index contributed by atoms with van der Waals surface area (Å²) in [6.45, 7) is 0.546. The largest absolute Gasteiger partial charge is 0.384 e. The van der Waals surface area contributed by atoms with Gasteiger partial charge in [-0.05, 0) is 5.57 Å². The summed E-state index contributed by atoms with van der Waals surface area (Å²) < 4.78 is 5.03. The maximum atomic E-state index is 11.6. The second-order valence-corrected chi connectivity index (χ2v) is 5.10. The molecule has 2 aliphatic rings. The Bertz CT molecular complexity index is 282. The van der Waals surface area contributed by atoms with Crippen molar-refractivity contribution in [2.24, 2.45) is 5.92 Å². The summed E-state index contributed by atoms with van der Waals surface area (Å²) in [5.41, 5.74) is 1.27. The minimum atomic E-state index is 0.0677. The number of fused-ring (bicyclic) bond motifs is 1. The van der Waals surface area contributed by atoms with E-state index in [4.69, 9.17) is 4.74 Å². The molecule has 2 aliphatic heterocycles. The summed E-state index contributed by atoms with van der Waals surface area (Å²) in [5, 5.41) is 1.16. The quantitative estimate of drug-likeness (QED) is 0.578. The van der Waals surface area contributed by atoms with Crippen LogP contribution in [0.4, 0.5) is 0 Å². The fourth-order valence-electron chi connectivity index (χ4n) is 1.72. The SMILES string of the molecule is COC[C@H]1C(=O)N2C=C(CBr)CS[C@@H]12. The number of alkyl halides is 1. The molecular weight excluding hydrogens is 266 g/mol. The van der Waals surface area contributed by atoms with Crippen LogP contribution in [0.2, 0.25) is 0 Å². The Morgan fingerprint density at radius 3 is 3.21 bits per heavy atom. The van der Waals surface area contributed by atoms with E-state index in [0.29, 0.717) is 12.0 Å². The lowest BCUT2D eigenvalue weighted by molar-refractivity contribution is -0.148. The van der Waals surface area contributed by atoms with E-state index in [0.717, 1.165) is 11.1 Å². The minimum absolute atomic E-state index is 0.0677. The van der Waals surface area contributed by atoms with Gasteiger partial charge in [0.1, 0.15) is 0 Å². The average Bonchev–Trinajstić information content (AvgIpc) is 2.24. The maximum Gasteiger partial charge on any atom is 0.235 e. The van der Waals surface area contributed by atoms with E-state index >= 15 is 0 Å². The first-order valence-electron chi connectivity index (χ1n) is 4.46. The number of methoxy groups -OCH3 is 1. The molecule has 2 heterocycles. The van der Waals surface area contributed by atoms with E-state index in [1.807, 2.05) is 22.9 Å². The van der Waals surface area contributed by atoms with Gasteiger partial charge in [0.05, 0.1) is 17.9 Å². The zero-order valence-electron chi connectivity index (χ0n) is 7.90. The van der Waals surface area contributed by atoms with Gasteiger partial charge in [-0.3, -0.25) is 4.79 Å². The summed E-state index contributed by atoms with van der Waals surface area (Å²) in [4.78, 5) is 13.4. The van der Waals surface area contributed by atoms with Gasteiger partial charge in [-0.15, -0.1) is 11.8 Å². The molecule has 1 saturated heterocycles. The van der Waals surface area contributed by atoms with Gasteiger partial charge < -0.3 is 9.64 Å². The number of hydrogen-bond donors (Lipinski definition) is 0. The van der Waals surface area contributed by atoms with Gasteiger partial charge in [-0.25, -0.2) is 0 Å². The van der Waals surface area contributed by atoms with Gasteiger partial charge >= 0.3 is 0 Å². The second-order valence-electron chi connectivity index (χ2n) is 3.43. The number of carbonyl (C=O) groups excluding carboxylic acids is 1. The van der Waals surface area contributed by atoms with Crippen LogP contribution >= 0.6 is 27.7 Å². The van der Waals surface area contributed by atoms with Crippen LogP contribution in [0.5, 0.6) is 0 Å². The molecule has 0 radical (unpaired) electrons. The summed E-state index contributed by atoms with van der Waals surface area (Å²) in [6.07, 6.45) is 1.98. The van der Waals surface area contributed by atoms with Crippen molar-refractivity contribution >= 4 is 33.6 Å². The zero-order valence-corrected chi connectivity index (χ0v) is 10.3. The number of amides is 1. The van der Waals surface area contributed by atoms with E-state index in [9.17, 15) is 4.79 Å². The fourth-order valence-corrected chi connectivity index (χ4v) is 3.64. The van der Waals surface area contributed by atoms with Crippen molar-refractivity contribution in [3.8, 4) is 0 Å². The summed E-state index contributed by atoms with van der Waals surface area (Å²) in [6, 6.07) is 0. The molecule has 0 aromatic heterocycles. The first kappa shape index (κ1) is 10.5. The molecule has 78 valence electrons. The normalized spacial score (nSPS) is 30.9. The third kappa shape index (κ3) is 1.61. The van der Waals surface area contributed by atoms with Crippen molar-refractivity contribution in [3.63, 3.8) is 0 Å². The highest BCUT2D eigenvalue weighted by Gasteiger charge is 2.48. The van der Waals surface area contributed by atoms with E-state index in [2.05, 4.69) is 15.9 Å². The molecule has 2 rings (SSSR count). The molecule has 0 N–H and O–H groups in total. The second kappa shape index (κ2) is 4.24. The van der Waals surface area contributed by atoms with E-state index < -0.39 is 0 Å². The van der Waals surface area contributed by atoms with Crippen LogP contribution in [0.25, 0.3) is 0 Å². The minimum Gasteiger partial charge on any atom is -0.384 e. The molecule has 3 nitrogen and oxygen atoms in total. The van der Waals surface area contributed by atoms with E-state index in [-0.39, 0.29) is 11.8 Å². The third-order valence-corrected chi connectivity index (χ3v) is 4.62. The Hall–Kier alpha value is -0.000000000000000111. The van der Waals surface area contributed by atoms with Gasteiger partial charge in [-0.2, -0.15) is 0 Å².